The van der Waals surface area contributed by atoms with Gasteiger partial charge in [-0.25, -0.2) is 0 Å². The molecule has 0 aliphatic carbocycles. The Labute approximate surface area is 161 Å². The summed E-state index contributed by atoms with van der Waals surface area (Å²) in [7, 11) is 0. The molecule has 0 unspecified atom stereocenters. The molecule has 0 radical (unpaired) electrons. The van der Waals surface area contributed by atoms with E-state index < -0.39 is 0 Å². The monoisotopic (exact) mass is 375 g/mol. The van der Waals surface area contributed by atoms with Crippen LogP contribution in [0.15, 0.2) is 24.3 Å². The first-order valence-corrected chi connectivity index (χ1v) is 10.0. The molecule has 2 aliphatic rings. The van der Waals surface area contributed by atoms with Crippen LogP contribution in [0.1, 0.15) is 40.0 Å². The van der Waals surface area contributed by atoms with Crippen LogP contribution in [0, 0.1) is 10.1 Å². The molecule has 148 valence electrons. The van der Waals surface area contributed by atoms with Crippen molar-refractivity contribution in [1.82, 2.24) is 4.90 Å². The van der Waals surface area contributed by atoms with E-state index in [4.69, 9.17) is 0 Å². The number of likely N-dealkylation sites (tertiary alicyclic amines) is 1. The molecular formula is C20H31N4O3+. The number of carbonyl (C=O) groups excluding carboxylic acids is 1. The molecule has 2 fully saturated rings. The number of nitrogens with one attached hydrogen (secondary N) is 1. The summed E-state index contributed by atoms with van der Waals surface area (Å²) in [6.07, 6.45) is 3.42. The van der Waals surface area contributed by atoms with Crippen LogP contribution in [0.2, 0.25) is 0 Å². The first kappa shape index (κ1) is 19.6. The van der Waals surface area contributed by atoms with E-state index in [9.17, 15) is 14.9 Å². The highest BCUT2D eigenvalue weighted by molar-refractivity contribution is 5.80. The molecule has 7 nitrogen and oxygen atoms in total. The minimum Gasteiger partial charge on any atom is -0.360 e. The lowest BCUT2D eigenvalue weighted by Crippen LogP contribution is -3.19. The van der Waals surface area contributed by atoms with Gasteiger partial charge in [-0.1, -0.05) is 0 Å². The maximum absolute atomic E-state index is 13.1. The van der Waals surface area contributed by atoms with Gasteiger partial charge in [0, 0.05) is 29.9 Å². The van der Waals surface area contributed by atoms with Crippen molar-refractivity contribution in [3.63, 3.8) is 0 Å². The average Bonchev–Trinajstić information content (AvgIpc) is 2.67. The second-order valence-corrected chi connectivity index (χ2v) is 8.01. The summed E-state index contributed by atoms with van der Waals surface area (Å²) in [5, 5.41) is 10.8. The Morgan fingerprint density at radius 2 is 1.70 bits per heavy atom. The number of carbonyl (C=O) groups is 1. The summed E-state index contributed by atoms with van der Waals surface area (Å²) in [4.78, 5) is 29.2. The fourth-order valence-electron chi connectivity index (χ4n) is 4.52. The topological polar surface area (TPSA) is 71.1 Å². The second-order valence-electron chi connectivity index (χ2n) is 8.01. The Morgan fingerprint density at radius 3 is 2.22 bits per heavy atom. The molecule has 0 spiro atoms. The molecule has 2 heterocycles. The van der Waals surface area contributed by atoms with Crippen molar-refractivity contribution in [3.05, 3.63) is 34.4 Å². The number of anilines is 1. The maximum atomic E-state index is 13.1. The fourth-order valence-corrected chi connectivity index (χ4v) is 4.52. The van der Waals surface area contributed by atoms with E-state index in [1.54, 1.807) is 12.1 Å². The number of hydrogen-bond donors (Lipinski definition) is 1. The van der Waals surface area contributed by atoms with Crippen LogP contribution < -0.4 is 9.80 Å². The summed E-state index contributed by atoms with van der Waals surface area (Å²) >= 11 is 0. The largest absolute Gasteiger partial charge is 0.360 e. The number of nitro benzene ring substituents is 1. The standard InChI is InChI=1S/C20H30N4O3/c1-15-5-4-6-16(2)23(15)20(25)17(3)21-11-13-22(14-12-21)18-7-9-19(10-8-18)24(26)27/h7-10,15-17H,4-6,11-14H2,1-3H3/p+1/t15-,16-,17+/m0/s1. The number of rotatable bonds is 4. The molecule has 2 saturated heterocycles. The molecule has 1 aromatic rings. The van der Waals surface area contributed by atoms with Crippen LogP contribution in [-0.2, 0) is 4.79 Å². The predicted octanol–water partition coefficient (Wildman–Crippen LogP) is 1.48. The third-order valence-corrected chi connectivity index (χ3v) is 6.26. The van der Waals surface area contributed by atoms with E-state index in [1.165, 1.54) is 11.3 Å². The van der Waals surface area contributed by atoms with Gasteiger partial charge >= 0.3 is 0 Å². The minimum atomic E-state index is -0.373. The van der Waals surface area contributed by atoms with Gasteiger partial charge in [0.2, 0.25) is 0 Å². The van der Waals surface area contributed by atoms with Gasteiger partial charge in [0.25, 0.3) is 11.6 Å². The number of amides is 1. The summed E-state index contributed by atoms with van der Waals surface area (Å²) in [6, 6.07) is 7.39. The van der Waals surface area contributed by atoms with E-state index in [0.717, 1.165) is 44.7 Å². The van der Waals surface area contributed by atoms with Crippen LogP contribution in [-0.4, -0.2) is 60.0 Å². The molecule has 0 saturated carbocycles. The molecule has 1 amide bonds. The van der Waals surface area contributed by atoms with Gasteiger partial charge < -0.3 is 14.7 Å². The highest BCUT2D eigenvalue weighted by Crippen LogP contribution is 2.23. The maximum Gasteiger partial charge on any atom is 0.281 e. The zero-order valence-corrected chi connectivity index (χ0v) is 16.6. The van der Waals surface area contributed by atoms with Crippen molar-refractivity contribution in [2.24, 2.45) is 0 Å². The van der Waals surface area contributed by atoms with Gasteiger partial charge in [0.1, 0.15) is 0 Å². The lowest BCUT2D eigenvalue weighted by molar-refractivity contribution is -0.915. The van der Waals surface area contributed by atoms with E-state index in [0.29, 0.717) is 12.1 Å². The number of non-ortho nitro benzene ring substituents is 1. The van der Waals surface area contributed by atoms with E-state index in [2.05, 4.69) is 30.6 Å². The highest BCUT2D eigenvalue weighted by atomic mass is 16.6. The molecule has 3 rings (SSSR count). The van der Waals surface area contributed by atoms with Crippen molar-refractivity contribution >= 4 is 17.3 Å². The van der Waals surface area contributed by atoms with Gasteiger partial charge in [-0.3, -0.25) is 14.9 Å². The summed E-state index contributed by atoms with van der Waals surface area (Å²) in [5.74, 6) is 0.286. The zero-order chi connectivity index (χ0) is 19.6. The van der Waals surface area contributed by atoms with Gasteiger partial charge in [-0.2, -0.15) is 0 Å². The quantitative estimate of drug-likeness (QED) is 0.639. The second kappa shape index (κ2) is 8.25. The highest BCUT2D eigenvalue weighted by Gasteiger charge is 2.37. The summed E-state index contributed by atoms with van der Waals surface area (Å²) in [5.41, 5.74) is 1.13. The molecule has 0 aromatic heterocycles. The number of hydrogen-bond acceptors (Lipinski definition) is 4. The van der Waals surface area contributed by atoms with Crippen molar-refractivity contribution in [2.45, 2.75) is 58.2 Å². The number of nitrogens with zero attached hydrogens (tertiary/aromatic N) is 3. The molecule has 1 aromatic carbocycles. The van der Waals surface area contributed by atoms with Crippen LogP contribution in [0.25, 0.3) is 0 Å². The number of benzene rings is 1. The van der Waals surface area contributed by atoms with Gasteiger partial charge in [-0.15, -0.1) is 0 Å². The smallest absolute Gasteiger partial charge is 0.281 e. The molecule has 27 heavy (non-hydrogen) atoms. The van der Waals surface area contributed by atoms with Crippen molar-refractivity contribution in [3.8, 4) is 0 Å². The lowest BCUT2D eigenvalue weighted by atomic mass is 9.96. The Morgan fingerprint density at radius 1 is 1.15 bits per heavy atom. The Balaban J connectivity index is 1.58. The van der Waals surface area contributed by atoms with Crippen molar-refractivity contribution in [2.75, 3.05) is 31.1 Å². The molecular weight excluding hydrogens is 344 g/mol. The Bertz CT molecular complexity index is 660. The normalized spacial score (nSPS) is 25.3. The third-order valence-electron chi connectivity index (χ3n) is 6.26. The number of nitro groups is 1. The van der Waals surface area contributed by atoms with E-state index in [1.807, 2.05) is 12.1 Å². The van der Waals surface area contributed by atoms with E-state index in [-0.39, 0.29) is 22.6 Å². The fraction of sp³-hybridized carbons (Fsp3) is 0.650. The summed E-state index contributed by atoms with van der Waals surface area (Å²) in [6.45, 7) is 9.92. The molecule has 2 aliphatic heterocycles. The van der Waals surface area contributed by atoms with Gasteiger partial charge in [-0.05, 0) is 52.2 Å². The predicted molar refractivity (Wildman–Crippen MR) is 105 cm³/mol. The number of piperidine rings is 1. The van der Waals surface area contributed by atoms with Crippen LogP contribution in [0.3, 0.4) is 0 Å². The van der Waals surface area contributed by atoms with E-state index >= 15 is 0 Å². The minimum absolute atomic E-state index is 0.0213. The van der Waals surface area contributed by atoms with Crippen molar-refractivity contribution < 1.29 is 14.6 Å². The molecule has 1 N–H and O–H groups in total. The molecule has 7 heteroatoms. The first-order valence-electron chi connectivity index (χ1n) is 10.0. The molecule has 0 bridgehead atoms. The van der Waals surface area contributed by atoms with Gasteiger partial charge in [0.05, 0.1) is 31.1 Å². The number of piperazine rings is 1. The van der Waals surface area contributed by atoms with Crippen LogP contribution >= 0.6 is 0 Å². The Hall–Kier alpha value is -2.15. The zero-order valence-electron chi connectivity index (χ0n) is 16.6. The lowest BCUT2D eigenvalue weighted by Gasteiger charge is -2.42. The third kappa shape index (κ3) is 4.24. The summed E-state index contributed by atoms with van der Waals surface area (Å²) < 4.78 is 0. The SMILES string of the molecule is C[C@H](C(=O)N1[C@@H](C)CCC[C@@H]1C)[NH+]1CCN(c2ccc([N+](=O)[O-])cc2)CC1. The Kier molecular flexibility index (Phi) is 5.99. The van der Waals surface area contributed by atoms with Crippen molar-refractivity contribution in [1.29, 1.82) is 0 Å². The van der Waals surface area contributed by atoms with Crippen LogP contribution in [0.5, 0.6) is 0 Å². The number of quaternary nitrogens is 1. The molecule has 3 atom stereocenters. The first-order chi connectivity index (χ1) is 12.9. The van der Waals surface area contributed by atoms with Crippen LogP contribution in [0.4, 0.5) is 11.4 Å². The average molecular weight is 375 g/mol. The van der Waals surface area contributed by atoms with Gasteiger partial charge in [0.15, 0.2) is 6.04 Å².